The highest BCUT2D eigenvalue weighted by Gasteiger charge is 2.49. The number of hydrogen-bond acceptors (Lipinski definition) is 7. The van der Waals surface area contributed by atoms with Gasteiger partial charge in [-0.15, -0.1) is 0 Å². The molecule has 7 rings (SSSR count). The molecule has 7 heterocycles. The van der Waals surface area contributed by atoms with Gasteiger partial charge in [-0.3, -0.25) is 4.90 Å². The highest BCUT2D eigenvalue weighted by Crippen LogP contribution is 2.42. The van der Waals surface area contributed by atoms with E-state index in [1.54, 1.807) is 0 Å². The van der Waals surface area contributed by atoms with Gasteiger partial charge in [0.05, 0.1) is 0 Å². The molecular weight excluding hydrogens is 699 g/mol. The highest BCUT2D eigenvalue weighted by atomic mass is 15.3. The van der Waals surface area contributed by atoms with Gasteiger partial charge in [0.25, 0.3) is 0 Å². The fourth-order valence-electron chi connectivity index (χ4n) is 13.7. The predicted octanol–water partition coefficient (Wildman–Crippen LogP) is 7.77. The third-order valence-electron chi connectivity index (χ3n) is 16.8. The first-order valence-corrected chi connectivity index (χ1v) is 25.4. The zero-order chi connectivity index (χ0) is 40.4. The van der Waals surface area contributed by atoms with Crippen molar-refractivity contribution < 1.29 is 0 Å². The van der Waals surface area contributed by atoms with Crippen LogP contribution in [0.1, 0.15) is 121 Å². The fraction of sp³-hybridized carbons (Fsp3) is 1.00. The normalized spacial score (nSPS) is 32.1. The zero-order valence-electron chi connectivity index (χ0n) is 39.5. The van der Waals surface area contributed by atoms with Gasteiger partial charge in [-0.05, 0) is 158 Å². The van der Waals surface area contributed by atoms with Crippen LogP contribution in [0.4, 0.5) is 0 Å². The maximum absolute atomic E-state index is 3.06. The van der Waals surface area contributed by atoms with Crippen LogP contribution in [0, 0.1) is 65.1 Å². The van der Waals surface area contributed by atoms with Crippen LogP contribution < -0.4 is 0 Å². The second-order valence-electron chi connectivity index (χ2n) is 23.7. The molecular formula is C50H95N7. The summed E-state index contributed by atoms with van der Waals surface area (Å²) in [6, 6.07) is 2.87. The smallest absolute Gasteiger partial charge is 0.0192 e. The zero-order valence-corrected chi connectivity index (χ0v) is 39.5. The molecule has 7 aliphatic rings. The van der Waals surface area contributed by atoms with Gasteiger partial charge in [0.2, 0.25) is 0 Å². The average Bonchev–Trinajstić information content (AvgIpc) is 3.73. The summed E-state index contributed by atoms with van der Waals surface area (Å²) in [5.41, 5.74) is 0. The van der Waals surface area contributed by atoms with Gasteiger partial charge in [0.1, 0.15) is 0 Å². The molecule has 330 valence electrons. The van der Waals surface area contributed by atoms with Crippen LogP contribution in [-0.4, -0.2) is 170 Å². The van der Waals surface area contributed by atoms with E-state index < -0.39 is 0 Å². The largest absolute Gasteiger partial charge is 0.303 e. The molecule has 7 heteroatoms. The summed E-state index contributed by atoms with van der Waals surface area (Å²) in [7, 11) is 0. The Bertz CT molecular complexity index is 1180. The van der Waals surface area contributed by atoms with E-state index in [0.717, 1.165) is 77.2 Å². The molecule has 7 fully saturated rings. The molecule has 57 heavy (non-hydrogen) atoms. The number of piperidine rings is 1. The lowest BCUT2D eigenvalue weighted by molar-refractivity contribution is -0.0984. The lowest BCUT2D eigenvalue weighted by atomic mass is 9.70. The van der Waals surface area contributed by atoms with Crippen molar-refractivity contribution in [2.45, 2.75) is 145 Å². The van der Waals surface area contributed by atoms with Gasteiger partial charge >= 0.3 is 0 Å². The summed E-state index contributed by atoms with van der Waals surface area (Å²) >= 11 is 0. The Kier molecular flexibility index (Phi) is 15.9. The van der Waals surface area contributed by atoms with Gasteiger partial charge in [0, 0.05) is 122 Å². The molecule has 0 aromatic carbocycles. The third kappa shape index (κ3) is 12.0. The third-order valence-corrected chi connectivity index (χ3v) is 16.8. The van der Waals surface area contributed by atoms with Crippen molar-refractivity contribution in [3.63, 3.8) is 0 Å². The standard InChI is InChI=1S/C50H95N7/c1-36(2)19-42-13-16-51(22-42)28-46-30-57(31-46)50(48-33-56(34-48)39(7)8)49-35-55(18-15-47(49)32-53-26-45(27-53)21-38(5)6)41(10)12-11-40(9)54-17-14-43(29-54)23-52-24-44(25-52)20-37(3)4/h36-50H,11-35H2,1-10H3. The Labute approximate surface area is 354 Å². The molecule has 0 saturated carbocycles. The van der Waals surface area contributed by atoms with Crippen molar-refractivity contribution in [1.29, 1.82) is 0 Å². The van der Waals surface area contributed by atoms with Crippen LogP contribution >= 0.6 is 0 Å². The Balaban J connectivity index is 0.945. The monoisotopic (exact) mass is 794 g/mol. The Morgan fingerprint density at radius 3 is 1.49 bits per heavy atom. The van der Waals surface area contributed by atoms with E-state index in [2.05, 4.69) is 104 Å². The quantitative estimate of drug-likeness (QED) is 0.117. The van der Waals surface area contributed by atoms with Crippen LogP contribution in [0.15, 0.2) is 0 Å². The molecule has 0 aromatic rings. The fourth-order valence-corrected chi connectivity index (χ4v) is 13.7. The Hall–Kier alpha value is -0.280. The molecule has 0 spiro atoms. The summed E-state index contributed by atoms with van der Waals surface area (Å²) in [6.07, 6.45) is 11.3. The average molecular weight is 794 g/mol. The van der Waals surface area contributed by atoms with Crippen molar-refractivity contribution in [1.82, 2.24) is 34.3 Å². The molecule has 0 aliphatic carbocycles. The SMILES string of the molecule is CC(C)CC1CCN(CC2CN(C(C3CN(C(C)C)C3)C3CN(C(C)CCC(C)N4CCC(CN5CC(CC(C)C)C5)C4)CCC3CN3CC(CC(C)C)C3)C2)C1. The summed E-state index contributed by atoms with van der Waals surface area (Å²) in [4.78, 5) is 20.2. The van der Waals surface area contributed by atoms with Crippen molar-refractivity contribution in [2.24, 2.45) is 65.1 Å². The second-order valence-corrected chi connectivity index (χ2v) is 23.7. The molecule has 7 nitrogen and oxygen atoms in total. The molecule has 0 radical (unpaired) electrons. The van der Waals surface area contributed by atoms with Gasteiger partial charge < -0.3 is 29.4 Å². The van der Waals surface area contributed by atoms with Crippen LogP contribution in [0.3, 0.4) is 0 Å². The van der Waals surface area contributed by atoms with Gasteiger partial charge in [-0.25, -0.2) is 0 Å². The molecule has 7 aliphatic heterocycles. The first kappa shape index (κ1) is 44.8. The molecule has 0 amide bonds. The Morgan fingerprint density at radius 1 is 0.404 bits per heavy atom. The number of hydrogen-bond donors (Lipinski definition) is 0. The molecule has 0 bridgehead atoms. The lowest BCUT2D eigenvalue weighted by Gasteiger charge is -2.59. The van der Waals surface area contributed by atoms with E-state index in [0.29, 0.717) is 12.1 Å². The molecule has 7 atom stereocenters. The van der Waals surface area contributed by atoms with Crippen LogP contribution in [0.2, 0.25) is 0 Å². The second kappa shape index (κ2) is 20.3. The maximum atomic E-state index is 3.06. The van der Waals surface area contributed by atoms with Gasteiger partial charge in [0.15, 0.2) is 0 Å². The van der Waals surface area contributed by atoms with Crippen molar-refractivity contribution in [3.05, 3.63) is 0 Å². The van der Waals surface area contributed by atoms with Crippen LogP contribution in [-0.2, 0) is 0 Å². The van der Waals surface area contributed by atoms with Gasteiger partial charge in [-0.1, -0.05) is 41.5 Å². The minimum absolute atomic E-state index is 0.684. The maximum Gasteiger partial charge on any atom is 0.0192 e. The minimum Gasteiger partial charge on any atom is -0.303 e. The predicted molar refractivity (Wildman–Crippen MR) is 243 cm³/mol. The lowest BCUT2D eigenvalue weighted by Crippen LogP contribution is -2.68. The minimum atomic E-state index is 0.684. The first-order valence-electron chi connectivity index (χ1n) is 25.4. The summed E-state index contributed by atoms with van der Waals surface area (Å²) < 4.78 is 0. The molecule has 0 aromatic heterocycles. The van der Waals surface area contributed by atoms with Crippen LogP contribution in [0.25, 0.3) is 0 Å². The molecule has 7 saturated heterocycles. The number of rotatable bonds is 21. The van der Waals surface area contributed by atoms with E-state index in [4.69, 9.17) is 0 Å². The van der Waals surface area contributed by atoms with E-state index in [9.17, 15) is 0 Å². The van der Waals surface area contributed by atoms with E-state index in [-0.39, 0.29) is 0 Å². The first-order chi connectivity index (χ1) is 27.3. The number of nitrogens with zero attached hydrogens (tertiary/aromatic N) is 7. The summed E-state index contributed by atoms with van der Waals surface area (Å²) in [5.74, 6) is 9.68. The number of likely N-dealkylation sites (tertiary alicyclic amines) is 7. The van der Waals surface area contributed by atoms with Gasteiger partial charge in [-0.2, -0.15) is 0 Å². The van der Waals surface area contributed by atoms with E-state index in [1.807, 2.05) is 0 Å². The summed E-state index contributed by atoms with van der Waals surface area (Å²) in [5, 5.41) is 0. The van der Waals surface area contributed by atoms with E-state index >= 15 is 0 Å². The summed E-state index contributed by atoms with van der Waals surface area (Å²) in [6.45, 7) is 47.5. The molecule has 7 unspecified atom stereocenters. The molecule has 0 N–H and O–H groups in total. The van der Waals surface area contributed by atoms with Crippen molar-refractivity contribution in [2.75, 3.05) is 111 Å². The van der Waals surface area contributed by atoms with Crippen molar-refractivity contribution in [3.8, 4) is 0 Å². The topological polar surface area (TPSA) is 22.7 Å². The van der Waals surface area contributed by atoms with Crippen LogP contribution in [0.5, 0.6) is 0 Å². The highest BCUT2D eigenvalue weighted by molar-refractivity contribution is 5.04. The van der Waals surface area contributed by atoms with E-state index in [1.165, 1.54) is 163 Å². The van der Waals surface area contributed by atoms with Crippen molar-refractivity contribution >= 4 is 0 Å². The Morgan fingerprint density at radius 2 is 0.895 bits per heavy atom.